The van der Waals surface area contributed by atoms with Crippen molar-refractivity contribution in [3.05, 3.63) is 150 Å². The summed E-state index contributed by atoms with van der Waals surface area (Å²) in [6.07, 6.45) is 4.16. The molecule has 2 aromatic heterocycles. The minimum absolute atomic E-state index is 0.0880. The van der Waals surface area contributed by atoms with E-state index in [-0.39, 0.29) is 37.6 Å². The van der Waals surface area contributed by atoms with E-state index < -0.39 is 32.6 Å². The zero-order valence-electron chi connectivity index (χ0n) is 37.9. The number of aryl methyl sites for hydroxylation is 1. The lowest BCUT2D eigenvalue weighted by Gasteiger charge is -2.39. The quantitative estimate of drug-likeness (QED) is 0.0464. The smallest absolute Gasteiger partial charge is 0.259 e. The van der Waals surface area contributed by atoms with E-state index in [1.807, 2.05) is 97.1 Å². The number of carbonyl (C=O) groups excluding carboxylic acids is 1. The highest BCUT2D eigenvalue weighted by Gasteiger charge is 2.45. The zero-order valence-corrected chi connectivity index (χ0v) is 38.8. The van der Waals surface area contributed by atoms with E-state index in [1.54, 1.807) is 19.1 Å². The van der Waals surface area contributed by atoms with E-state index in [9.17, 15) is 10.1 Å². The maximum absolute atomic E-state index is 14.0. The lowest BCUT2D eigenvalue weighted by Crippen LogP contribution is -2.39. The Balaban J connectivity index is 1.21. The van der Waals surface area contributed by atoms with Gasteiger partial charge in [0.25, 0.3) is 14.4 Å². The van der Waals surface area contributed by atoms with Crippen LogP contribution in [0.15, 0.2) is 122 Å². The minimum Gasteiger partial charge on any atom is -0.497 e. The molecule has 2 aliphatic heterocycles. The van der Waals surface area contributed by atoms with E-state index in [0.717, 1.165) is 52.0 Å². The highest BCUT2D eigenvalue weighted by atomic mass is 31.2. The van der Waals surface area contributed by atoms with Crippen LogP contribution in [0.25, 0.3) is 11.0 Å². The van der Waals surface area contributed by atoms with Gasteiger partial charge in [-0.05, 0) is 99.2 Å². The Morgan fingerprint density at radius 3 is 2.09 bits per heavy atom. The van der Waals surface area contributed by atoms with Gasteiger partial charge in [0.2, 0.25) is 0 Å². The number of hydrogen-bond acceptors (Lipinski definition) is 11. The zero-order chi connectivity index (χ0) is 45.5. The normalized spacial score (nSPS) is 18.0. The third kappa shape index (κ3) is 9.52. The number of aromatic nitrogens is 3. The van der Waals surface area contributed by atoms with Crippen LogP contribution < -0.4 is 14.4 Å². The number of ether oxygens (including phenoxy) is 4. The Hall–Kier alpha value is -5.71. The number of carbonyl (C=O) groups is 1. The van der Waals surface area contributed by atoms with E-state index in [2.05, 4.69) is 61.3 Å². The predicted octanol–water partition coefficient (Wildman–Crippen LogP) is 10.00. The van der Waals surface area contributed by atoms with Crippen LogP contribution in [0.2, 0.25) is 0 Å². The van der Waals surface area contributed by atoms with Crippen LogP contribution in [0, 0.1) is 11.3 Å². The van der Waals surface area contributed by atoms with E-state index >= 15 is 0 Å². The summed E-state index contributed by atoms with van der Waals surface area (Å²) in [6.45, 7) is 9.38. The lowest BCUT2D eigenvalue weighted by molar-refractivity contribution is -0.0911. The fraction of sp³-hybridized carbons (Fsp3) is 0.373. The van der Waals surface area contributed by atoms with Crippen LogP contribution in [-0.4, -0.2) is 83.4 Å². The number of hydrogen-bond donors (Lipinski definition) is 0. The topological polar surface area (TPSA) is 133 Å². The van der Waals surface area contributed by atoms with Gasteiger partial charge in [-0.15, -0.1) is 0 Å². The van der Waals surface area contributed by atoms with Crippen molar-refractivity contribution in [3.8, 4) is 17.6 Å². The second-order valence-electron chi connectivity index (χ2n) is 16.8. The van der Waals surface area contributed by atoms with Gasteiger partial charge < -0.3 is 32.6 Å². The van der Waals surface area contributed by atoms with Gasteiger partial charge in [0.05, 0.1) is 51.4 Å². The molecule has 65 heavy (non-hydrogen) atoms. The molecule has 0 bridgehead atoms. The van der Waals surface area contributed by atoms with Crippen molar-refractivity contribution in [2.45, 2.75) is 89.5 Å². The molecule has 1 amide bonds. The maximum atomic E-state index is 14.0. The first kappa shape index (κ1) is 45.8. The summed E-state index contributed by atoms with van der Waals surface area (Å²) in [4.78, 5) is 25.3. The third-order valence-corrected chi connectivity index (χ3v) is 14.2. The number of nitriles is 1. The molecule has 338 valence electrons. The molecule has 4 atom stereocenters. The van der Waals surface area contributed by atoms with Gasteiger partial charge in [-0.2, -0.15) is 5.26 Å². The number of benzene rings is 4. The molecule has 2 aliphatic rings. The Morgan fingerprint density at radius 1 is 0.877 bits per heavy atom. The molecular formula is C51H57N6O7P. The monoisotopic (exact) mass is 896 g/mol. The fourth-order valence-electron chi connectivity index (χ4n) is 9.05. The number of amides is 1. The second-order valence-corrected chi connectivity index (χ2v) is 18.2. The van der Waals surface area contributed by atoms with Crippen molar-refractivity contribution < 1.29 is 32.8 Å². The maximum Gasteiger partial charge on any atom is 0.259 e. The van der Waals surface area contributed by atoms with Crippen molar-refractivity contribution in [1.29, 1.82) is 5.26 Å². The molecule has 1 fully saturated rings. The van der Waals surface area contributed by atoms with Gasteiger partial charge in [-0.1, -0.05) is 72.8 Å². The first-order valence-electron chi connectivity index (χ1n) is 22.3. The number of anilines is 1. The molecule has 0 N–H and O–H groups in total. The van der Waals surface area contributed by atoms with Crippen LogP contribution in [0.3, 0.4) is 0 Å². The first-order chi connectivity index (χ1) is 31.7. The van der Waals surface area contributed by atoms with Crippen molar-refractivity contribution in [3.63, 3.8) is 0 Å². The van der Waals surface area contributed by atoms with Crippen molar-refractivity contribution in [2.24, 2.45) is 0 Å². The summed E-state index contributed by atoms with van der Waals surface area (Å²) in [6, 6.07) is 37.8. The molecule has 14 heteroatoms. The molecular weight excluding hydrogens is 840 g/mol. The van der Waals surface area contributed by atoms with E-state index in [0.29, 0.717) is 30.0 Å². The van der Waals surface area contributed by atoms with Gasteiger partial charge in [0.15, 0.2) is 0 Å². The van der Waals surface area contributed by atoms with Crippen molar-refractivity contribution in [1.82, 2.24) is 19.2 Å². The standard InChI is InChI=1S/C51H57N6O7P/c1-35(2)57(36(3)4)65(62-30-14-28-52)64-44-31-46(56-32-38-17-13-29-55(48-47(38)49(56)54-34-53-48)50(58)37-15-9-7-10-16-37)63-45(44)33-61-51(39-18-11-8-12-19-39,40-20-24-42(59-5)25-21-40)41-22-26-43(60-6)27-23-41/h7-12,15-16,18-27,32,34-36,44-46H,13-14,17,29-31,33H2,1-6H3/t44-,45+,46+,65?/m0/s1. The van der Waals surface area contributed by atoms with Crippen LogP contribution in [0.1, 0.15) is 85.8 Å². The molecule has 1 unspecified atom stereocenters. The summed E-state index contributed by atoms with van der Waals surface area (Å²) in [5, 5.41) is 10.3. The van der Waals surface area contributed by atoms with Crippen LogP contribution in [0.4, 0.5) is 5.82 Å². The Labute approximate surface area is 382 Å². The van der Waals surface area contributed by atoms with Gasteiger partial charge in [0, 0.05) is 36.8 Å². The van der Waals surface area contributed by atoms with Crippen molar-refractivity contribution >= 4 is 31.3 Å². The Bertz CT molecular complexity index is 2500. The van der Waals surface area contributed by atoms with Crippen LogP contribution >= 0.6 is 8.53 Å². The largest absolute Gasteiger partial charge is 0.497 e. The van der Waals surface area contributed by atoms with E-state index in [1.165, 1.54) is 6.33 Å². The molecule has 4 heterocycles. The van der Waals surface area contributed by atoms with Gasteiger partial charge in [-0.25, -0.2) is 14.6 Å². The molecule has 6 aromatic rings. The van der Waals surface area contributed by atoms with Gasteiger partial charge in [-0.3, -0.25) is 9.69 Å². The molecule has 0 radical (unpaired) electrons. The number of methoxy groups -OCH3 is 2. The Kier molecular flexibility index (Phi) is 14.6. The van der Waals surface area contributed by atoms with Gasteiger partial charge >= 0.3 is 0 Å². The number of rotatable bonds is 18. The molecule has 1 saturated heterocycles. The molecule has 4 aromatic carbocycles. The molecule has 0 saturated carbocycles. The Morgan fingerprint density at radius 2 is 1.49 bits per heavy atom. The molecule has 13 nitrogen and oxygen atoms in total. The molecule has 0 aliphatic carbocycles. The van der Waals surface area contributed by atoms with E-state index in [4.69, 9.17) is 38.0 Å². The highest BCUT2D eigenvalue weighted by Crippen LogP contribution is 2.51. The summed E-state index contributed by atoms with van der Waals surface area (Å²) in [5.74, 6) is 1.94. The second kappa shape index (κ2) is 20.6. The summed E-state index contributed by atoms with van der Waals surface area (Å²) < 4.78 is 43.8. The lowest BCUT2D eigenvalue weighted by atomic mass is 9.80. The average molecular weight is 897 g/mol. The third-order valence-electron chi connectivity index (χ3n) is 12.0. The average Bonchev–Trinajstić information content (AvgIpc) is 3.85. The molecule has 0 spiro atoms. The van der Waals surface area contributed by atoms with Crippen LogP contribution in [-0.2, 0) is 30.5 Å². The highest BCUT2D eigenvalue weighted by molar-refractivity contribution is 7.44. The summed E-state index contributed by atoms with van der Waals surface area (Å²) in [5.41, 5.74) is 3.93. The predicted molar refractivity (Wildman–Crippen MR) is 251 cm³/mol. The van der Waals surface area contributed by atoms with Gasteiger partial charge in [0.1, 0.15) is 47.2 Å². The first-order valence-corrected chi connectivity index (χ1v) is 23.4. The minimum atomic E-state index is -1.65. The van der Waals surface area contributed by atoms with Crippen LogP contribution in [0.5, 0.6) is 11.5 Å². The summed E-state index contributed by atoms with van der Waals surface area (Å²) in [7, 11) is 1.66. The van der Waals surface area contributed by atoms with Crippen molar-refractivity contribution in [2.75, 3.05) is 38.9 Å². The number of nitrogens with zero attached hydrogens (tertiary/aromatic N) is 6. The summed E-state index contributed by atoms with van der Waals surface area (Å²) >= 11 is 0. The molecule has 8 rings (SSSR count). The SMILES string of the molecule is COc1ccc(C(OC[C@H]2O[C@@H](n3cc4c5c(ncnc53)N(C(=O)c3ccccc3)CCC4)C[C@@H]2OP(OCCC#N)N(C(C)C)C(C)C)(c2ccccc2)c2ccc(OC)cc2)cc1. The fourth-order valence-corrected chi connectivity index (χ4v) is 10.8.